The summed E-state index contributed by atoms with van der Waals surface area (Å²) in [4.78, 5) is 14.0. The van der Waals surface area contributed by atoms with Crippen LogP contribution >= 0.6 is 11.6 Å². The van der Waals surface area contributed by atoms with E-state index >= 15 is 0 Å². The molecule has 4 nitrogen and oxygen atoms in total. The van der Waals surface area contributed by atoms with Crippen LogP contribution in [0.2, 0.25) is 5.02 Å². The zero-order chi connectivity index (χ0) is 13.8. The number of rotatable bonds is 3. The van der Waals surface area contributed by atoms with Gasteiger partial charge in [-0.25, -0.2) is 0 Å². The van der Waals surface area contributed by atoms with Crippen molar-refractivity contribution in [1.29, 1.82) is 0 Å². The van der Waals surface area contributed by atoms with Crippen LogP contribution in [0, 0.1) is 5.92 Å². The Balaban J connectivity index is 2.09. The second-order valence-corrected chi connectivity index (χ2v) is 5.21. The van der Waals surface area contributed by atoms with Gasteiger partial charge in [0.1, 0.15) is 6.10 Å². The fourth-order valence-electron chi connectivity index (χ4n) is 2.19. The molecule has 104 valence electrons. The van der Waals surface area contributed by atoms with E-state index in [-0.39, 0.29) is 17.9 Å². The minimum absolute atomic E-state index is 0.0860. The Hall–Kier alpha value is -1.10. The van der Waals surface area contributed by atoms with Crippen molar-refractivity contribution < 1.29 is 9.53 Å². The summed E-state index contributed by atoms with van der Waals surface area (Å²) >= 11 is 6.17. The number of benzene rings is 1. The van der Waals surface area contributed by atoms with Crippen molar-refractivity contribution >= 4 is 17.5 Å². The van der Waals surface area contributed by atoms with E-state index in [1.165, 1.54) is 0 Å². The van der Waals surface area contributed by atoms with Crippen molar-refractivity contribution in [1.82, 2.24) is 4.90 Å². The molecule has 5 heteroatoms. The van der Waals surface area contributed by atoms with E-state index in [0.717, 1.165) is 5.56 Å². The Morgan fingerprint density at radius 1 is 1.58 bits per heavy atom. The molecule has 1 heterocycles. The van der Waals surface area contributed by atoms with Crippen LogP contribution in [0.5, 0.6) is 0 Å². The Morgan fingerprint density at radius 2 is 2.32 bits per heavy atom. The molecule has 1 aliphatic heterocycles. The lowest BCUT2D eigenvalue weighted by atomic mass is 10.1. The first-order valence-electron chi connectivity index (χ1n) is 6.48. The van der Waals surface area contributed by atoms with Gasteiger partial charge in [0.2, 0.25) is 5.91 Å². The Kier molecular flexibility index (Phi) is 4.80. The smallest absolute Gasteiger partial charge is 0.226 e. The number of halogens is 1. The minimum Gasteiger partial charge on any atom is -0.370 e. The van der Waals surface area contributed by atoms with E-state index in [4.69, 9.17) is 22.1 Å². The molecular formula is C14H19ClN2O2. The number of hydrogen-bond acceptors (Lipinski definition) is 3. The van der Waals surface area contributed by atoms with Gasteiger partial charge in [0.25, 0.3) is 0 Å². The maximum atomic E-state index is 12.1. The molecule has 0 spiro atoms. The molecule has 2 N–H and O–H groups in total. The number of carbonyl (C=O) groups is 1. The third kappa shape index (κ3) is 3.26. The highest BCUT2D eigenvalue weighted by Gasteiger charge is 2.28. The van der Waals surface area contributed by atoms with Crippen LogP contribution < -0.4 is 5.73 Å². The third-order valence-electron chi connectivity index (χ3n) is 3.41. The van der Waals surface area contributed by atoms with Crippen molar-refractivity contribution in [2.24, 2.45) is 11.7 Å². The molecule has 1 fully saturated rings. The monoisotopic (exact) mass is 282 g/mol. The molecular weight excluding hydrogens is 264 g/mol. The predicted molar refractivity (Wildman–Crippen MR) is 74.9 cm³/mol. The molecule has 19 heavy (non-hydrogen) atoms. The summed E-state index contributed by atoms with van der Waals surface area (Å²) in [6.45, 7) is 3.89. The number of amides is 1. The van der Waals surface area contributed by atoms with E-state index in [1.807, 2.05) is 36.1 Å². The molecule has 1 aromatic rings. The van der Waals surface area contributed by atoms with Gasteiger partial charge in [-0.05, 0) is 6.07 Å². The molecule has 2 unspecified atom stereocenters. The largest absolute Gasteiger partial charge is 0.370 e. The summed E-state index contributed by atoms with van der Waals surface area (Å²) < 4.78 is 5.73. The highest BCUT2D eigenvalue weighted by molar-refractivity contribution is 6.31. The van der Waals surface area contributed by atoms with Crippen molar-refractivity contribution in [2.45, 2.75) is 13.0 Å². The van der Waals surface area contributed by atoms with Gasteiger partial charge < -0.3 is 15.4 Å². The maximum Gasteiger partial charge on any atom is 0.226 e. The van der Waals surface area contributed by atoms with E-state index in [9.17, 15) is 4.79 Å². The summed E-state index contributed by atoms with van der Waals surface area (Å²) in [5.74, 6) is -0.0622. The Labute approximate surface area is 118 Å². The molecule has 1 aromatic carbocycles. The summed E-state index contributed by atoms with van der Waals surface area (Å²) in [5, 5.41) is 0.675. The van der Waals surface area contributed by atoms with Gasteiger partial charge in [0, 0.05) is 29.6 Å². The van der Waals surface area contributed by atoms with E-state index in [1.54, 1.807) is 0 Å². The number of carbonyl (C=O) groups excluding carboxylic acids is 1. The summed E-state index contributed by atoms with van der Waals surface area (Å²) in [7, 11) is 0. The summed E-state index contributed by atoms with van der Waals surface area (Å²) in [6.07, 6.45) is -0.156. The molecule has 0 radical (unpaired) electrons. The summed E-state index contributed by atoms with van der Waals surface area (Å²) in [5.41, 5.74) is 6.48. The first-order valence-corrected chi connectivity index (χ1v) is 6.86. The lowest BCUT2D eigenvalue weighted by Crippen LogP contribution is -2.45. The second kappa shape index (κ2) is 6.37. The van der Waals surface area contributed by atoms with Crippen molar-refractivity contribution in [3.63, 3.8) is 0 Å². The molecule has 2 rings (SSSR count). The average Bonchev–Trinajstić information content (AvgIpc) is 2.46. The van der Waals surface area contributed by atoms with Crippen molar-refractivity contribution in [3.05, 3.63) is 34.9 Å². The van der Waals surface area contributed by atoms with Crippen LogP contribution in [0.3, 0.4) is 0 Å². The first-order chi connectivity index (χ1) is 9.13. The molecule has 2 atom stereocenters. The quantitative estimate of drug-likeness (QED) is 0.920. The number of nitrogens with two attached hydrogens (primary N) is 1. The third-order valence-corrected chi connectivity index (χ3v) is 3.75. The average molecular weight is 283 g/mol. The Bertz CT molecular complexity index is 453. The first kappa shape index (κ1) is 14.3. The van der Waals surface area contributed by atoms with Crippen molar-refractivity contribution in [3.8, 4) is 0 Å². The second-order valence-electron chi connectivity index (χ2n) is 4.80. The molecule has 0 aliphatic carbocycles. The Morgan fingerprint density at radius 3 is 3.00 bits per heavy atom. The highest BCUT2D eigenvalue weighted by atomic mass is 35.5. The normalized spacial score (nSPS) is 21.2. The predicted octanol–water partition coefficient (Wildman–Crippen LogP) is 1.83. The van der Waals surface area contributed by atoms with Crippen LogP contribution in [0.1, 0.15) is 18.6 Å². The number of nitrogens with zero attached hydrogens (tertiary/aromatic N) is 1. The highest BCUT2D eigenvalue weighted by Crippen LogP contribution is 2.28. The van der Waals surface area contributed by atoms with Gasteiger partial charge in [-0.1, -0.05) is 36.7 Å². The molecule has 0 aromatic heterocycles. The van der Waals surface area contributed by atoms with Gasteiger partial charge in [-0.15, -0.1) is 0 Å². The lowest BCUT2D eigenvalue weighted by Gasteiger charge is -2.34. The zero-order valence-corrected chi connectivity index (χ0v) is 11.8. The van der Waals surface area contributed by atoms with Crippen molar-refractivity contribution in [2.75, 3.05) is 26.2 Å². The van der Waals surface area contributed by atoms with Gasteiger partial charge >= 0.3 is 0 Å². The number of morpholine rings is 1. The topological polar surface area (TPSA) is 55.6 Å². The number of ether oxygens (including phenoxy) is 1. The van der Waals surface area contributed by atoms with Crippen LogP contribution in [-0.2, 0) is 9.53 Å². The molecule has 0 bridgehead atoms. The SMILES string of the molecule is CC(CN)C(=O)N1CCOC(c2ccccc2Cl)C1. The van der Waals surface area contributed by atoms with Gasteiger partial charge in [-0.2, -0.15) is 0 Å². The molecule has 0 saturated carbocycles. The number of hydrogen-bond donors (Lipinski definition) is 1. The zero-order valence-electron chi connectivity index (χ0n) is 11.0. The molecule has 1 saturated heterocycles. The molecule has 1 amide bonds. The van der Waals surface area contributed by atoms with Crippen LogP contribution in [-0.4, -0.2) is 37.0 Å². The van der Waals surface area contributed by atoms with Crippen LogP contribution in [0.15, 0.2) is 24.3 Å². The minimum atomic E-state index is -0.156. The fraction of sp³-hybridized carbons (Fsp3) is 0.500. The van der Waals surface area contributed by atoms with Crippen LogP contribution in [0.25, 0.3) is 0 Å². The fourth-order valence-corrected chi connectivity index (χ4v) is 2.44. The van der Waals surface area contributed by atoms with E-state index < -0.39 is 0 Å². The van der Waals surface area contributed by atoms with Gasteiger partial charge in [-0.3, -0.25) is 4.79 Å². The van der Waals surface area contributed by atoms with E-state index in [0.29, 0.717) is 31.3 Å². The summed E-state index contributed by atoms with van der Waals surface area (Å²) in [6, 6.07) is 7.58. The molecule has 1 aliphatic rings. The van der Waals surface area contributed by atoms with Gasteiger partial charge in [0.05, 0.1) is 13.2 Å². The lowest BCUT2D eigenvalue weighted by molar-refractivity contribution is -0.142. The standard InChI is InChI=1S/C14H19ClN2O2/c1-10(8-16)14(18)17-6-7-19-13(9-17)11-4-2-3-5-12(11)15/h2-5,10,13H,6-9,16H2,1H3. The van der Waals surface area contributed by atoms with Gasteiger partial charge in [0.15, 0.2) is 0 Å². The van der Waals surface area contributed by atoms with Crippen LogP contribution in [0.4, 0.5) is 0 Å². The van der Waals surface area contributed by atoms with E-state index in [2.05, 4.69) is 0 Å². The maximum absolute atomic E-state index is 12.1.